The molecule has 1 amide bonds. The van der Waals surface area contributed by atoms with Crippen LogP contribution in [0.25, 0.3) is 10.2 Å². The predicted molar refractivity (Wildman–Crippen MR) is 106 cm³/mol. The van der Waals surface area contributed by atoms with Crippen molar-refractivity contribution in [2.45, 2.75) is 13.5 Å². The largest absolute Gasteiger partial charge is 0.494 e. The maximum absolute atomic E-state index is 12.6. The molecule has 3 rings (SSSR count). The van der Waals surface area contributed by atoms with Crippen LogP contribution in [0.1, 0.15) is 17.3 Å². The molecule has 3 aromatic rings. The molecule has 0 atom stereocenters. The third-order valence-electron chi connectivity index (χ3n) is 3.52. The van der Waals surface area contributed by atoms with Gasteiger partial charge >= 0.3 is 0 Å². The molecule has 1 aromatic heterocycles. The maximum Gasteiger partial charge on any atom is 0.279 e. The standard InChI is InChI=1S/C19H14Cl2N2O2S/c1-3-7-23-16-6-5-15(25-4-2)11-17(16)26-19(23)22-18(24)12-8-13(20)10-14(21)9-12/h1,5-6,8-11H,4,7H2,2H3. The number of rotatable bonds is 4. The van der Waals surface area contributed by atoms with Crippen LogP contribution in [0.2, 0.25) is 10.0 Å². The van der Waals surface area contributed by atoms with E-state index < -0.39 is 5.91 Å². The number of amides is 1. The van der Waals surface area contributed by atoms with Crippen molar-refractivity contribution in [3.05, 3.63) is 56.8 Å². The number of thiazole rings is 1. The summed E-state index contributed by atoms with van der Waals surface area (Å²) >= 11 is 13.3. The fraction of sp³-hybridized carbons (Fsp3) is 0.158. The van der Waals surface area contributed by atoms with Crippen LogP contribution in [0.3, 0.4) is 0 Å². The number of hydrogen-bond donors (Lipinski definition) is 0. The molecule has 0 saturated carbocycles. The number of terminal acetylenes is 1. The highest BCUT2D eigenvalue weighted by Gasteiger charge is 2.11. The van der Waals surface area contributed by atoms with Crippen LogP contribution in [0.15, 0.2) is 41.4 Å². The van der Waals surface area contributed by atoms with E-state index in [-0.39, 0.29) is 0 Å². The lowest BCUT2D eigenvalue weighted by atomic mass is 10.2. The van der Waals surface area contributed by atoms with Crippen molar-refractivity contribution in [3.63, 3.8) is 0 Å². The zero-order valence-electron chi connectivity index (χ0n) is 13.8. The van der Waals surface area contributed by atoms with Crippen LogP contribution in [-0.2, 0) is 6.54 Å². The van der Waals surface area contributed by atoms with Gasteiger partial charge in [0.25, 0.3) is 5.91 Å². The normalized spacial score (nSPS) is 11.5. The average molecular weight is 405 g/mol. The van der Waals surface area contributed by atoms with E-state index in [0.29, 0.717) is 33.6 Å². The number of fused-ring (bicyclic) bond motifs is 1. The summed E-state index contributed by atoms with van der Waals surface area (Å²) in [6, 6.07) is 10.3. The van der Waals surface area contributed by atoms with Crippen molar-refractivity contribution in [3.8, 4) is 18.1 Å². The number of hydrogen-bond acceptors (Lipinski definition) is 3. The summed E-state index contributed by atoms with van der Waals surface area (Å²) in [4.78, 5) is 17.3. The van der Waals surface area contributed by atoms with Gasteiger partial charge in [-0.3, -0.25) is 4.79 Å². The van der Waals surface area contributed by atoms with E-state index >= 15 is 0 Å². The first-order valence-electron chi connectivity index (χ1n) is 7.76. The lowest BCUT2D eigenvalue weighted by molar-refractivity contribution is 0.0998. The lowest BCUT2D eigenvalue weighted by Crippen LogP contribution is -2.16. The molecule has 4 nitrogen and oxygen atoms in total. The van der Waals surface area contributed by atoms with Crippen LogP contribution >= 0.6 is 34.5 Å². The van der Waals surface area contributed by atoms with E-state index in [1.165, 1.54) is 23.5 Å². The Balaban J connectivity index is 2.12. The van der Waals surface area contributed by atoms with Gasteiger partial charge in [-0.05, 0) is 43.3 Å². The number of carbonyl (C=O) groups excluding carboxylic acids is 1. The number of halogens is 2. The highest BCUT2D eigenvalue weighted by atomic mass is 35.5. The topological polar surface area (TPSA) is 43.6 Å². The number of ether oxygens (including phenoxy) is 1. The maximum atomic E-state index is 12.6. The molecule has 0 fully saturated rings. The smallest absolute Gasteiger partial charge is 0.279 e. The summed E-state index contributed by atoms with van der Waals surface area (Å²) in [6.07, 6.45) is 5.49. The van der Waals surface area contributed by atoms with E-state index in [0.717, 1.165) is 16.0 Å². The Morgan fingerprint density at radius 3 is 2.65 bits per heavy atom. The Labute approximate surface area is 164 Å². The van der Waals surface area contributed by atoms with Crippen molar-refractivity contribution in [1.29, 1.82) is 0 Å². The highest BCUT2D eigenvalue weighted by Crippen LogP contribution is 2.24. The minimum Gasteiger partial charge on any atom is -0.494 e. The molecule has 7 heteroatoms. The van der Waals surface area contributed by atoms with Gasteiger partial charge in [-0.15, -0.1) is 6.42 Å². The third-order valence-corrected chi connectivity index (χ3v) is 5.00. The van der Waals surface area contributed by atoms with E-state index in [1.807, 2.05) is 29.7 Å². The molecule has 2 aromatic carbocycles. The minimum atomic E-state index is -0.434. The number of benzene rings is 2. The molecule has 0 spiro atoms. The molecule has 26 heavy (non-hydrogen) atoms. The van der Waals surface area contributed by atoms with Gasteiger partial charge in [-0.25, -0.2) is 0 Å². The average Bonchev–Trinajstić information content (AvgIpc) is 2.91. The Hall–Kier alpha value is -2.26. The molecular formula is C19H14Cl2N2O2S. The van der Waals surface area contributed by atoms with Crippen LogP contribution in [0.4, 0.5) is 0 Å². The Kier molecular flexibility index (Phi) is 5.67. The molecule has 0 N–H and O–H groups in total. The van der Waals surface area contributed by atoms with Gasteiger partial charge in [0, 0.05) is 15.6 Å². The zero-order chi connectivity index (χ0) is 18.7. The summed E-state index contributed by atoms with van der Waals surface area (Å²) in [6.45, 7) is 2.80. The third kappa shape index (κ3) is 3.94. The molecular weight excluding hydrogens is 391 g/mol. The van der Waals surface area contributed by atoms with Gasteiger partial charge in [-0.2, -0.15) is 4.99 Å². The van der Waals surface area contributed by atoms with Gasteiger partial charge in [-0.1, -0.05) is 40.5 Å². The second-order valence-electron chi connectivity index (χ2n) is 5.31. The van der Waals surface area contributed by atoms with E-state index in [9.17, 15) is 4.79 Å². The summed E-state index contributed by atoms with van der Waals surface area (Å²) < 4.78 is 8.28. The molecule has 0 aliphatic heterocycles. The number of aromatic nitrogens is 1. The summed E-state index contributed by atoms with van der Waals surface area (Å²) in [7, 11) is 0. The second kappa shape index (κ2) is 7.96. The van der Waals surface area contributed by atoms with E-state index in [2.05, 4.69) is 10.9 Å². The Morgan fingerprint density at radius 1 is 1.27 bits per heavy atom. The molecule has 0 aliphatic rings. The van der Waals surface area contributed by atoms with Crippen LogP contribution in [-0.4, -0.2) is 17.1 Å². The molecule has 0 aliphatic carbocycles. The predicted octanol–water partition coefficient (Wildman–Crippen LogP) is 4.78. The second-order valence-corrected chi connectivity index (χ2v) is 7.19. The quantitative estimate of drug-likeness (QED) is 0.587. The number of carbonyl (C=O) groups is 1. The first kappa shape index (κ1) is 18.5. The molecule has 132 valence electrons. The first-order chi connectivity index (χ1) is 12.5. The summed E-state index contributed by atoms with van der Waals surface area (Å²) in [5, 5.41) is 0.760. The van der Waals surface area contributed by atoms with Gasteiger partial charge < -0.3 is 9.30 Å². The summed E-state index contributed by atoms with van der Waals surface area (Å²) in [5.74, 6) is 2.92. The Morgan fingerprint density at radius 2 is 2.00 bits per heavy atom. The Bertz CT molecular complexity index is 1070. The SMILES string of the molecule is C#CCn1c(=NC(=O)c2cc(Cl)cc(Cl)c2)sc2cc(OCC)ccc21. The van der Waals surface area contributed by atoms with Gasteiger partial charge in [0.1, 0.15) is 5.75 Å². The first-order valence-corrected chi connectivity index (χ1v) is 9.34. The highest BCUT2D eigenvalue weighted by molar-refractivity contribution is 7.16. The zero-order valence-corrected chi connectivity index (χ0v) is 16.2. The molecule has 0 radical (unpaired) electrons. The minimum absolute atomic E-state index is 0.302. The van der Waals surface area contributed by atoms with Crippen molar-refractivity contribution in [2.75, 3.05) is 6.61 Å². The van der Waals surface area contributed by atoms with Crippen molar-refractivity contribution in [2.24, 2.45) is 4.99 Å². The van der Waals surface area contributed by atoms with Crippen molar-refractivity contribution < 1.29 is 9.53 Å². The van der Waals surface area contributed by atoms with Gasteiger partial charge in [0.2, 0.25) is 0 Å². The molecule has 0 unspecified atom stereocenters. The lowest BCUT2D eigenvalue weighted by Gasteiger charge is -2.03. The van der Waals surface area contributed by atoms with Crippen LogP contribution < -0.4 is 9.54 Å². The van der Waals surface area contributed by atoms with Crippen LogP contribution in [0.5, 0.6) is 5.75 Å². The fourth-order valence-electron chi connectivity index (χ4n) is 2.47. The van der Waals surface area contributed by atoms with Crippen molar-refractivity contribution >= 4 is 50.7 Å². The van der Waals surface area contributed by atoms with Gasteiger partial charge in [0.05, 0.1) is 23.4 Å². The number of nitrogens with zero attached hydrogens (tertiary/aromatic N) is 2. The monoisotopic (exact) mass is 404 g/mol. The van der Waals surface area contributed by atoms with Crippen molar-refractivity contribution in [1.82, 2.24) is 4.57 Å². The van der Waals surface area contributed by atoms with Crippen LogP contribution in [0, 0.1) is 12.3 Å². The summed E-state index contributed by atoms with van der Waals surface area (Å²) in [5.41, 5.74) is 1.22. The molecule has 0 bridgehead atoms. The molecule has 1 heterocycles. The van der Waals surface area contributed by atoms with E-state index in [4.69, 9.17) is 34.4 Å². The fourth-order valence-corrected chi connectivity index (χ4v) is 4.05. The van der Waals surface area contributed by atoms with Gasteiger partial charge in [0.15, 0.2) is 4.80 Å². The van der Waals surface area contributed by atoms with E-state index in [1.54, 1.807) is 6.07 Å². The molecule has 0 saturated heterocycles.